The van der Waals surface area contributed by atoms with Crippen molar-refractivity contribution in [3.05, 3.63) is 6.20 Å². The number of rotatable bonds is 4. The first-order valence-electron chi connectivity index (χ1n) is 6.54. The molecule has 5 nitrogen and oxygen atoms in total. The number of hydrogen-bond donors (Lipinski definition) is 1. The largest absolute Gasteiger partial charge is 0.475 e. The molecule has 2 N–H and O–H groups in total. The summed E-state index contributed by atoms with van der Waals surface area (Å²) in [5.74, 6) is 0.724. The lowest BCUT2D eigenvalue weighted by molar-refractivity contribution is 0.185. The molecule has 5 heteroatoms. The third kappa shape index (κ3) is 3.19. The van der Waals surface area contributed by atoms with Crippen molar-refractivity contribution in [3.8, 4) is 5.88 Å². The number of aryl methyl sites for hydroxylation is 1. The van der Waals surface area contributed by atoms with Gasteiger partial charge in [0.1, 0.15) is 12.8 Å². The zero-order valence-electron chi connectivity index (χ0n) is 10.6. The van der Waals surface area contributed by atoms with E-state index in [0.29, 0.717) is 6.61 Å². The summed E-state index contributed by atoms with van der Waals surface area (Å²) in [5, 5.41) is 7.79. The predicted octanol–water partition coefficient (Wildman–Crippen LogP) is 1.73. The van der Waals surface area contributed by atoms with Gasteiger partial charge in [0.05, 0.1) is 5.54 Å². The van der Waals surface area contributed by atoms with Crippen LogP contribution in [0.5, 0.6) is 5.88 Å². The quantitative estimate of drug-likeness (QED) is 0.811. The normalized spacial score (nSPS) is 19.9. The minimum atomic E-state index is -0.167. The van der Waals surface area contributed by atoms with Crippen LogP contribution in [-0.4, -0.2) is 27.1 Å². The number of hydrogen-bond acceptors (Lipinski definition) is 4. The summed E-state index contributed by atoms with van der Waals surface area (Å²) in [6.07, 6.45) is 8.79. The molecule has 0 spiro atoms. The first kappa shape index (κ1) is 12.4. The Labute approximate surface area is 102 Å². The molecule has 1 saturated carbocycles. The molecule has 1 aromatic heterocycles. The zero-order chi connectivity index (χ0) is 12.1. The summed E-state index contributed by atoms with van der Waals surface area (Å²) < 4.78 is 7.53. The van der Waals surface area contributed by atoms with E-state index in [4.69, 9.17) is 10.5 Å². The molecular weight excluding hydrogens is 216 g/mol. The first-order valence-corrected chi connectivity index (χ1v) is 6.54. The third-order valence-electron chi connectivity index (χ3n) is 3.49. The van der Waals surface area contributed by atoms with E-state index in [1.54, 1.807) is 10.9 Å². The van der Waals surface area contributed by atoms with E-state index in [1.165, 1.54) is 25.7 Å². The Bertz CT molecular complexity index is 342. The molecule has 1 fully saturated rings. The molecule has 0 bridgehead atoms. The molecule has 96 valence electrons. The fraction of sp³-hybridized carbons (Fsp3) is 0.833. The Morgan fingerprint density at radius 1 is 1.35 bits per heavy atom. The maximum atomic E-state index is 6.39. The topological polar surface area (TPSA) is 66.0 Å². The SMILES string of the molecule is CCn1nncc1OCC1(N)CCCCCC1. The Morgan fingerprint density at radius 3 is 2.71 bits per heavy atom. The van der Waals surface area contributed by atoms with Crippen molar-refractivity contribution in [1.82, 2.24) is 15.0 Å². The van der Waals surface area contributed by atoms with Crippen LogP contribution in [0.1, 0.15) is 45.4 Å². The molecule has 0 aliphatic heterocycles. The Balaban J connectivity index is 1.92. The van der Waals surface area contributed by atoms with Gasteiger partial charge in [-0.1, -0.05) is 30.9 Å². The molecule has 0 unspecified atom stereocenters. The van der Waals surface area contributed by atoms with Crippen molar-refractivity contribution >= 4 is 0 Å². The standard InChI is InChI=1S/C12H22N4O/c1-2-16-11(9-14-15-16)17-10-12(13)7-5-3-4-6-8-12/h9H,2-8,10,13H2,1H3. The zero-order valence-corrected chi connectivity index (χ0v) is 10.6. The molecular formula is C12H22N4O. The second kappa shape index (κ2) is 5.49. The van der Waals surface area contributed by atoms with Gasteiger partial charge < -0.3 is 10.5 Å². The lowest BCUT2D eigenvalue weighted by Crippen LogP contribution is -2.45. The van der Waals surface area contributed by atoms with Crippen LogP contribution in [0.3, 0.4) is 0 Å². The van der Waals surface area contributed by atoms with Crippen molar-refractivity contribution in [3.63, 3.8) is 0 Å². The van der Waals surface area contributed by atoms with E-state index in [2.05, 4.69) is 10.3 Å². The highest BCUT2D eigenvalue weighted by molar-refractivity contribution is 5.02. The van der Waals surface area contributed by atoms with Crippen LogP contribution in [0.25, 0.3) is 0 Å². The van der Waals surface area contributed by atoms with Gasteiger partial charge in [0, 0.05) is 6.54 Å². The predicted molar refractivity (Wildman–Crippen MR) is 65.8 cm³/mol. The van der Waals surface area contributed by atoms with E-state index in [9.17, 15) is 0 Å². The average Bonchev–Trinajstić information content (AvgIpc) is 2.68. The Kier molecular flexibility index (Phi) is 3.99. The molecule has 1 aliphatic rings. The van der Waals surface area contributed by atoms with Crippen molar-refractivity contribution in [2.45, 2.75) is 57.5 Å². The summed E-state index contributed by atoms with van der Waals surface area (Å²) >= 11 is 0. The van der Waals surface area contributed by atoms with Crippen molar-refractivity contribution in [2.24, 2.45) is 5.73 Å². The molecule has 1 heterocycles. The minimum absolute atomic E-state index is 0.167. The molecule has 2 rings (SSSR count). The maximum Gasteiger partial charge on any atom is 0.232 e. The van der Waals surface area contributed by atoms with Gasteiger partial charge >= 0.3 is 0 Å². The van der Waals surface area contributed by atoms with E-state index >= 15 is 0 Å². The molecule has 17 heavy (non-hydrogen) atoms. The first-order chi connectivity index (χ1) is 8.23. The Morgan fingerprint density at radius 2 is 2.06 bits per heavy atom. The number of nitrogens with zero attached hydrogens (tertiary/aromatic N) is 3. The van der Waals surface area contributed by atoms with E-state index < -0.39 is 0 Å². The van der Waals surface area contributed by atoms with Crippen LogP contribution in [0.2, 0.25) is 0 Å². The van der Waals surface area contributed by atoms with E-state index in [-0.39, 0.29) is 5.54 Å². The molecule has 1 aliphatic carbocycles. The van der Waals surface area contributed by atoms with Crippen LogP contribution >= 0.6 is 0 Å². The third-order valence-corrected chi connectivity index (χ3v) is 3.49. The smallest absolute Gasteiger partial charge is 0.232 e. The fourth-order valence-corrected chi connectivity index (χ4v) is 2.37. The van der Waals surface area contributed by atoms with E-state index in [1.807, 2.05) is 6.92 Å². The van der Waals surface area contributed by atoms with Gasteiger partial charge in [-0.3, -0.25) is 0 Å². The van der Waals surface area contributed by atoms with Crippen LogP contribution < -0.4 is 10.5 Å². The van der Waals surface area contributed by atoms with Gasteiger partial charge in [-0.05, 0) is 19.8 Å². The summed E-state index contributed by atoms with van der Waals surface area (Å²) in [5.41, 5.74) is 6.22. The second-order valence-electron chi connectivity index (χ2n) is 4.95. The van der Waals surface area contributed by atoms with Crippen molar-refractivity contribution in [2.75, 3.05) is 6.61 Å². The monoisotopic (exact) mass is 238 g/mol. The Hall–Kier alpha value is -1.10. The van der Waals surface area contributed by atoms with Crippen LogP contribution in [0, 0.1) is 0 Å². The molecule has 0 aromatic carbocycles. The number of aromatic nitrogens is 3. The second-order valence-corrected chi connectivity index (χ2v) is 4.95. The highest BCUT2D eigenvalue weighted by atomic mass is 16.5. The molecule has 1 aromatic rings. The summed E-state index contributed by atoms with van der Waals surface area (Å²) in [7, 11) is 0. The van der Waals surface area contributed by atoms with Gasteiger partial charge in [-0.15, -0.1) is 5.10 Å². The van der Waals surface area contributed by atoms with Crippen molar-refractivity contribution < 1.29 is 4.74 Å². The van der Waals surface area contributed by atoms with Crippen LogP contribution in [0.15, 0.2) is 6.20 Å². The minimum Gasteiger partial charge on any atom is -0.475 e. The fourth-order valence-electron chi connectivity index (χ4n) is 2.37. The van der Waals surface area contributed by atoms with Gasteiger partial charge in [-0.2, -0.15) is 0 Å². The number of nitrogens with two attached hydrogens (primary N) is 1. The summed E-state index contributed by atoms with van der Waals surface area (Å²) in [6.45, 7) is 3.36. The van der Waals surface area contributed by atoms with Gasteiger partial charge in [-0.25, -0.2) is 4.68 Å². The lowest BCUT2D eigenvalue weighted by Gasteiger charge is -2.27. The van der Waals surface area contributed by atoms with Crippen molar-refractivity contribution in [1.29, 1.82) is 0 Å². The molecule has 0 atom stereocenters. The highest BCUT2D eigenvalue weighted by Gasteiger charge is 2.27. The maximum absolute atomic E-state index is 6.39. The highest BCUT2D eigenvalue weighted by Crippen LogP contribution is 2.25. The molecule has 0 saturated heterocycles. The van der Waals surface area contributed by atoms with E-state index in [0.717, 1.165) is 25.3 Å². The van der Waals surface area contributed by atoms with Crippen LogP contribution in [0.4, 0.5) is 0 Å². The molecule has 0 amide bonds. The average molecular weight is 238 g/mol. The number of ether oxygens (including phenoxy) is 1. The molecule has 0 radical (unpaired) electrons. The van der Waals surface area contributed by atoms with Gasteiger partial charge in [0.25, 0.3) is 0 Å². The summed E-state index contributed by atoms with van der Waals surface area (Å²) in [4.78, 5) is 0. The van der Waals surface area contributed by atoms with Crippen LogP contribution in [-0.2, 0) is 6.54 Å². The lowest BCUT2D eigenvalue weighted by atomic mass is 9.93. The summed E-state index contributed by atoms with van der Waals surface area (Å²) in [6, 6.07) is 0. The van der Waals surface area contributed by atoms with Gasteiger partial charge in [0.2, 0.25) is 5.88 Å². The van der Waals surface area contributed by atoms with Gasteiger partial charge in [0.15, 0.2) is 0 Å².